The highest BCUT2D eigenvalue weighted by atomic mass is 16.3. The smallest absolute Gasteiger partial charge is 0.116 e. The second kappa shape index (κ2) is 4.57. The number of aromatic hydroxyl groups is 1. The lowest BCUT2D eigenvalue weighted by Gasteiger charge is -2.24. The van der Waals surface area contributed by atoms with Crippen molar-refractivity contribution in [3.05, 3.63) is 23.8 Å². The highest BCUT2D eigenvalue weighted by molar-refractivity contribution is 5.62. The molecule has 1 aromatic rings. The van der Waals surface area contributed by atoms with Crippen LogP contribution in [-0.4, -0.2) is 28.9 Å². The molecule has 94 valence electrons. The first-order valence-electron chi connectivity index (χ1n) is 6.26. The molecule has 2 N–H and O–H groups in total. The molecule has 0 fully saturated rings. The summed E-state index contributed by atoms with van der Waals surface area (Å²) in [5.74, 6) is 0.629. The first-order valence-corrected chi connectivity index (χ1v) is 6.26. The topological polar surface area (TPSA) is 43.7 Å². The second-order valence-corrected chi connectivity index (χ2v) is 5.27. The highest BCUT2D eigenvalue weighted by Crippen LogP contribution is 2.41. The Bertz CT molecular complexity index is 401. The fourth-order valence-electron chi connectivity index (χ4n) is 2.67. The zero-order valence-electron chi connectivity index (χ0n) is 10.7. The molecule has 1 aliphatic heterocycles. The maximum atomic E-state index is 9.59. The van der Waals surface area contributed by atoms with Crippen LogP contribution in [0.3, 0.4) is 0 Å². The lowest BCUT2D eigenvalue weighted by Crippen LogP contribution is -2.29. The van der Waals surface area contributed by atoms with Crippen LogP contribution in [0.25, 0.3) is 0 Å². The van der Waals surface area contributed by atoms with E-state index in [4.69, 9.17) is 0 Å². The van der Waals surface area contributed by atoms with Crippen LogP contribution in [0.4, 0.5) is 5.69 Å². The molecular weight excluding hydrogens is 214 g/mol. The molecule has 0 spiro atoms. The zero-order chi connectivity index (χ0) is 12.6. The van der Waals surface area contributed by atoms with Crippen LogP contribution in [0.15, 0.2) is 18.2 Å². The average Bonchev–Trinajstić information content (AvgIpc) is 2.56. The van der Waals surface area contributed by atoms with E-state index in [1.165, 1.54) is 11.3 Å². The molecule has 1 aliphatic rings. The van der Waals surface area contributed by atoms with Crippen molar-refractivity contribution in [3.63, 3.8) is 0 Å². The molecule has 17 heavy (non-hydrogen) atoms. The van der Waals surface area contributed by atoms with Gasteiger partial charge in [0.15, 0.2) is 0 Å². The SMILES string of the molecule is CC(O)CC1CN(C(C)C)c2ccc(O)cc21. The third-order valence-corrected chi connectivity index (χ3v) is 3.43. The fraction of sp³-hybridized carbons (Fsp3) is 0.571. The van der Waals surface area contributed by atoms with Crippen LogP contribution in [0, 0.1) is 0 Å². The fourth-order valence-corrected chi connectivity index (χ4v) is 2.67. The van der Waals surface area contributed by atoms with Crippen LogP contribution in [-0.2, 0) is 0 Å². The molecule has 0 amide bonds. The Balaban J connectivity index is 2.34. The average molecular weight is 235 g/mol. The Kier molecular flexibility index (Phi) is 3.29. The van der Waals surface area contributed by atoms with Gasteiger partial charge in [0, 0.05) is 24.2 Å². The van der Waals surface area contributed by atoms with E-state index >= 15 is 0 Å². The minimum atomic E-state index is -0.303. The molecule has 3 heteroatoms. The van der Waals surface area contributed by atoms with Crippen LogP contribution in [0.5, 0.6) is 5.75 Å². The molecule has 0 bridgehead atoms. The molecule has 0 saturated heterocycles. The van der Waals surface area contributed by atoms with Crippen LogP contribution >= 0.6 is 0 Å². The predicted octanol–water partition coefficient (Wildman–Crippen LogP) is 2.48. The summed E-state index contributed by atoms with van der Waals surface area (Å²) in [5.41, 5.74) is 2.36. The lowest BCUT2D eigenvalue weighted by molar-refractivity contribution is 0.176. The molecule has 1 aromatic carbocycles. The molecule has 2 atom stereocenters. The summed E-state index contributed by atoms with van der Waals surface area (Å²) in [6.45, 7) is 7.09. The zero-order valence-corrected chi connectivity index (χ0v) is 10.7. The minimum Gasteiger partial charge on any atom is -0.508 e. The third-order valence-electron chi connectivity index (χ3n) is 3.43. The van der Waals surface area contributed by atoms with Gasteiger partial charge in [-0.05, 0) is 51.0 Å². The van der Waals surface area contributed by atoms with E-state index in [2.05, 4.69) is 18.7 Å². The van der Waals surface area contributed by atoms with Crippen molar-refractivity contribution in [3.8, 4) is 5.75 Å². The number of hydrogen-bond acceptors (Lipinski definition) is 3. The molecule has 0 aliphatic carbocycles. The van der Waals surface area contributed by atoms with Gasteiger partial charge in [0.1, 0.15) is 5.75 Å². The normalized spacial score (nSPS) is 20.8. The monoisotopic (exact) mass is 235 g/mol. The molecule has 2 rings (SSSR count). The number of anilines is 1. The van der Waals surface area contributed by atoms with E-state index in [1.807, 2.05) is 19.1 Å². The van der Waals surface area contributed by atoms with Gasteiger partial charge in [-0.2, -0.15) is 0 Å². The number of nitrogens with zero attached hydrogens (tertiary/aromatic N) is 1. The van der Waals surface area contributed by atoms with Crippen molar-refractivity contribution >= 4 is 5.69 Å². The number of hydrogen-bond donors (Lipinski definition) is 2. The Morgan fingerprint density at radius 3 is 2.65 bits per heavy atom. The summed E-state index contributed by atoms with van der Waals surface area (Å²) in [6, 6.07) is 5.99. The van der Waals surface area contributed by atoms with Crippen molar-refractivity contribution in [1.82, 2.24) is 0 Å². The molecule has 0 aromatic heterocycles. The largest absolute Gasteiger partial charge is 0.508 e. The summed E-state index contributed by atoms with van der Waals surface area (Å²) >= 11 is 0. The van der Waals surface area contributed by atoms with Crippen LogP contribution < -0.4 is 4.90 Å². The summed E-state index contributed by atoms with van der Waals surface area (Å²) in [5, 5.41) is 19.1. The van der Waals surface area contributed by atoms with E-state index in [-0.39, 0.29) is 6.10 Å². The number of benzene rings is 1. The molecule has 0 radical (unpaired) electrons. The molecule has 0 saturated carbocycles. The van der Waals surface area contributed by atoms with Gasteiger partial charge in [-0.15, -0.1) is 0 Å². The molecule has 2 unspecified atom stereocenters. The number of aliphatic hydroxyl groups is 1. The van der Waals surface area contributed by atoms with E-state index in [1.54, 1.807) is 6.07 Å². The number of fused-ring (bicyclic) bond motifs is 1. The molecule has 1 heterocycles. The second-order valence-electron chi connectivity index (χ2n) is 5.27. The Labute approximate surface area is 103 Å². The van der Waals surface area contributed by atoms with E-state index in [0.29, 0.717) is 17.7 Å². The van der Waals surface area contributed by atoms with Gasteiger partial charge in [0.25, 0.3) is 0 Å². The van der Waals surface area contributed by atoms with Crippen molar-refractivity contribution < 1.29 is 10.2 Å². The van der Waals surface area contributed by atoms with Crippen LogP contribution in [0.2, 0.25) is 0 Å². The van der Waals surface area contributed by atoms with Gasteiger partial charge in [-0.25, -0.2) is 0 Å². The minimum absolute atomic E-state index is 0.303. The molecule has 3 nitrogen and oxygen atoms in total. The first kappa shape index (κ1) is 12.2. The van der Waals surface area contributed by atoms with Gasteiger partial charge in [-0.1, -0.05) is 0 Å². The maximum Gasteiger partial charge on any atom is 0.116 e. The Morgan fingerprint density at radius 1 is 1.35 bits per heavy atom. The molecular formula is C14H21NO2. The standard InChI is InChI=1S/C14H21NO2/c1-9(2)15-8-11(6-10(3)16)13-7-12(17)4-5-14(13)15/h4-5,7,9-11,16-17H,6,8H2,1-3H3. The van der Waals surface area contributed by atoms with E-state index < -0.39 is 0 Å². The third kappa shape index (κ3) is 2.39. The van der Waals surface area contributed by atoms with Crippen molar-refractivity contribution in [2.45, 2.75) is 45.3 Å². The van der Waals surface area contributed by atoms with Gasteiger partial charge in [-0.3, -0.25) is 0 Å². The van der Waals surface area contributed by atoms with E-state index in [0.717, 1.165) is 13.0 Å². The predicted molar refractivity (Wildman–Crippen MR) is 69.6 cm³/mol. The van der Waals surface area contributed by atoms with Crippen LogP contribution in [0.1, 0.15) is 38.7 Å². The Hall–Kier alpha value is -1.22. The van der Waals surface area contributed by atoms with Gasteiger partial charge in [0.2, 0.25) is 0 Å². The maximum absolute atomic E-state index is 9.59. The number of phenols is 1. The van der Waals surface area contributed by atoms with Gasteiger partial charge < -0.3 is 15.1 Å². The number of phenolic OH excluding ortho intramolecular Hbond substituents is 1. The number of rotatable bonds is 3. The summed E-state index contributed by atoms with van der Waals surface area (Å²) in [7, 11) is 0. The van der Waals surface area contributed by atoms with E-state index in [9.17, 15) is 10.2 Å². The van der Waals surface area contributed by atoms with Crippen molar-refractivity contribution in [2.75, 3.05) is 11.4 Å². The first-order chi connectivity index (χ1) is 7.99. The van der Waals surface area contributed by atoms with Gasteiger partial charge in [0.05, 0.1) is 6.10 Å². The van der Waals surface area contributed by atoms with Crippen molar-refractivity contribution in [2.24, 2.45) is 0 Å². The quantitative estimate of drug-likeness (QED) is 0.846. The Morgan fingerprint density at radius 2 is 2.06 bits per heavy atom. The van der Waals surface area contributed by atoms with Crippen molar-refractivity contribution in [1.29, 1.82) is 0 Å². The lowest BCUT2D eigenvalue weighted by atomic mass is 9.95. The highest BCUT2D eigenvalue weighted by Gasteiger charge is 2.30. The summed E-state index contributed by atoms with van der Waals surface area (Å²) < 4.78 is 0. The summed E-state index contributed by atoms with van der Waals surface area (Å²) in [6.07, 6.45) is 0.446. The number of aliphatic hydroxyl groups excluding tert-OH is 1. The van der Waals surface area contributed by atoms with Gasteiger partial charge >= 0.3 is 0 Å². The summed E-state index contributed by atoms with van der Waals surface area (Å²) in [4.78, 5) is 2.34.